The lowest BCUT2D eigenvalue weighted by atomic mass is 9.62. The Morgan fingerprint density at radius 3 is 2.71 bits per heavy atom. The molecular formula is C38H50ClN3O6S. The second kappa shape index (κ2) is 14.4. The molecule has 2 saturated carbocycles. The van der Waals surface area contributed by atoms with Crippen LogP contribution in [0.3, 0.4) is 0 Å². The second-order valence-corrected chi connectivity index (χ2v) is 16.7. The Balaban J connectivity index is 1.33. The number of amides is 1. The zero-order valence-corrected chi connectivity index (χ0v) is 30.4. The Hall–Kier alpha value is -2.89. The number of methoxy groups -OCH3 is 1. The van der Waals surface area contributed by atoms with Gasteiger partial charge in [-0.15, -0.1) is 13.2 Å². The molecule has 2 aromatic rings. The van der Waals surface area contributed by atoms with E-state index in [9.17, 15) is 18.3 Å². The standard InChI is InChI=1S/C38H50ClN3O6S/c1-6-9-25(4)42(29-19-30(20-29)47-5)49(45,46)40-37(44)27-11-14-36-34(18-27)41(21-32-24(3)16-31(32)35(43)7-2)22-38(23-48-36)15-8-10-26-17-28(39)12-13-33(26)38/h6-7,11-14,17-18,24-25,29-32,35,43H,1-2,8-10,15-16,19-23H2,3-5H3,(H,40,44)/t24-,25+,29?,30?,31-,32?,35+,38+/m1/s1. The molecule has 2 fully saturated rings. The van der Waals surface area contributed by atoms with Crippen LogP contribution in [0.2, 0.25) is 5.02 Å². The lowest BCUT2D eigenvalue weighted by Gasteiger charge is -2.48. The fourth-order valence-electron chi connectivity index (χ4n) is 8.70. The van der Waals surface area contributed by atoms with E-state index < -0.39 is 22.2 Å². The molecule has 2 N–H and O–H groups in total. The van der Waals surface area contributed by atoms with Gasteiger partial charge in [0.25, 0.3) is 5.91 Å². The van der Waals surface area contributed by atoms with Gasteiger partial charge in [0.15, 0.2) is 0 Å². The number of carbonyl (C=O) groups excluding carboxylic acids is 1. The summed E-state index contributed by atoms with van der Waals surface area (Å²) in [5.74, 6) is 0.615. The summed E-state index contributed by atoms with van der Waals surface area (Å²) in [7, 11) is -2.56. The van der Waals surface area contributed by atoms with Crippen molar-refractivity contribution in [3.63, 3.8) is 0 Å². The largest absolute Gasteiger partial charge is 0.490 e. The molecule has 0 bridgehead atoms. The van der Waals surface area contributed by atoms with Gasteiger partial charge < -0.3 is 19.5 Å². The third-order valence-electron chi connectivity index (χ3n) is 11.5. The van der Waals surface area contributed by atoms with Gasteiger partial charge in [0.2, 0.25) is 0 Å². The van der Waals surface area contributed by atoms with Crippen LogP contribution < -0.4 is 14.4 Å². The molecule has 4 aliphatic rings. The predicted octanol–water partition coefficient (Wildman–Crippen LogP) is 6.05. The molecule has 3 aliphatic carbocycles. The lowest BCUT2D eigenvalue weighted by Crippen LogP contribution is -2.57. The van der Waals surface area contributed by atoms with Crippen LogP contribution >= 0.6 is 11.6 Å². The number of nitrogens with zero attached hydrogens (tertiary/aromatic N) is 2. The van der Waals surface area contributed by atoms with E-state index in [1.807, 2.05) is 13.0 Å². The van der Waals surface area contributed by atoms with Crippen LogP contribution in [0.4, 0.5) is 5.69 Å². The molecule has 0 aromatic heterocycles. The van der Waals surface area contributed by atoms with Gasteiger partial charge in [-0.3, -0.25) is 4.79 Å². The van der Waals surface area contributed by atoms with Gasteiger partial charge in [-0.2, -0.15) is 12.7 Å². The normalized spacial score (nSPS) is 28.9. The summed E-state index contributed by atoms with van der Waals surface area (Å²) in [4.78, 5) is 16.1. The molecule has 1 heterocycles. The molecule has 49 heavy (non-hydrogen) atoms. The Labute approximate surface area is 296 Å². The fraction of sp³-hybridized carbons (Fsp3) is 0.553. The number of ether oxygens (including phenoxy) is 2. The first-order valence-corrected chi connectivity index (χ1v) is 19.3. The first-order valence-electron chi connectivity index (χ1n) is 17.5. The number of anilines is 1. The van der Waals surface area contributed by atoms with Crippen LogP contribution in [0.1, 0.15) is 73.9 Å². The topological polar surface area (TPSA) is 108 Å². The molecular weight excluding hydrogens is 662 g/mol. The van der Waals surface area contributed by atoms with Crippen LogP contribution in [0, 0.1) is 17.8 Å². The Bertz CT molecular complexity index is 1680. The molecule has 1 amide bonds. The van der Waals surface area contributed by atoms with Gasteiger partial charge >= 0.3 is 10.2 Å². The quantitative estimate of drug-likeness (QED) is 0.258. The van der Waals surface area contributed by atoms with Gasteiger partial charge in [0.1, 0.15) is 5.75 Å². The van der Waals surface area contributed by atoms with Crippen molar-refractivity contribution in [2.45, 2.75) is 88.5 Å². The van der Waals surface area contributed by atoms with Crippen LogP contribution in [0.15, 0.2) is 61.7 Å². The van der Waals surface area contributed by atoms with Crippen molar-refractivity contribution in [3.05, 3.63) is 83.4 Å². The van der Waals surface area contributed by atoms with E-state index >= 15 is 0 Å². The van der Waals surface area contributed by atoms with Gasteiger partial charge in [-0.05, 0) is 111 Å². The molecule has 1 aliphatic heterocycles. The summed E-state index contributed by atoms with van der Waals surface area (Å²) < 4.78 is 43.4. The Kier molecular flexibility index (Phi) is 10.5. The van der Waals surface area contributed by atoms with Crippen molar-refractivity contribution in [2.75, 3.05) is 31.7 Å². The maximum Gasteiger partial charge on any atom is 0.304 e. The zero-order chi connectivity index (χ0) is 35.1. The van der Waals surface area contributed by atoms with Gasteiger partial charge in [-0.1, -0.05) is 36.7 Å². The highest BCUT2D eigenvalue weighted by molar-refractivity contribution is 7.87. The Morgan fingerprint density at radius 1 is 1.24 bits per heavy atom. The maximum absolute atomic E-state index is 13.8. The van der Waals surface area contributed by atoms with E-state index in [0.29, 0.717) is 55.6 Å². The first-order chi connectivity index (χ1) is 23.4. The summed E-state index contributed by atoms with van der Waals surface area (Å²) in [6.07, 6.45) is 8.08. The molecule has 9 nitrogen and oxygen atoms in total. The molecule has 1 unspecified atom stereocenters. The summed E-state index contributed by atoms with van der Waals surface area (Å²) in [5.41, 5.74) is 3.12. The summed E-state index contributed by atoms with van der Waals surface area (Å²) in [6.45, 7) is 13.4. The predicted molar refractivity (Wildman–Crippen MR) is 194 cm³/mol. The highest BCUT2D eigenvalue weighted by Crippen LogP contribution is 2.48. The minimum atomic E-state index is -4.19. The number of aliphatic hydroxyl groups is 1. The van der Waals surface area contributed by atoms with Crippen molar-refractivity contribution >= 4 is 33.4 Å². The van der Waals surface area contributed by atoms with Crippen molar-refractivity contribution in [1.82, 2.24) is 9.03 Å². The second-order valence-electron chi connectivity index (χ2n) is 14.7. The highest BCUT2D eigenvalue weighted by atomic mass is 35.5. The number of aliphatic hydroxyl groups excluding tert-OH is 1. The number of rotatable bonds is 12. The molecule has 0 radical (unpaired) electrons. The number of halogens is 1. The van der Waals surface area contributed by atoms with Gasteiger partial charge in [0.05, 0.1) is 24.5 Å². The van der Waals surface area contributed by atoms with Crippen molar-refractivity contribution in [1.29, 1.82) is 0 Å². The Morgan fingerprint density at radius 2 is 2.02 bits per heavy atom. The van der Waals surface area contributed by atoms with Crippen LogP contribution in [-0.4, -0.2) is 74.8 Å². The molecule has 6 rings (SSSR count). The molecule has 2 aromatic carbocycles. The third-order valence-corrected chi connectivity index (χ3v) is 13.4. The van der Waals surface area contributed by atoms with E-state index in [1.54, 1.807) is 37.5 Å². The third kappa shape index (κ3) is 7.04. The fourth-order valence-corrected chi connectivity index (χ4v) is 10.5. The highest BCUT2D eigenvalue weighted by Gasteiger charge is 2.47. The number of carbonyl (C=O) groups is 1. The SMILES string of the molecule is C=CC[C@H](C)N(C1CC(OC)C1)S(=O)(=O)NC(=O)c1ccc2c(c1)N(CC1[C@H](C)C[C@H]1[C@@H](O)C=C)C[C@@]1(CCCc3cc(Cl)ccc31)CO2. The van der Waals surface area contributed by atoms with E-state index in [4.69, 9.17) is 21.1 Å². The average Bonchev–Trinajstić information content (AvgIpc) is 3.19. The number of fused-ring (bicyclic) bond motifs is 3. The summed E-state index contributed by atoms with van der Waals surface area (Å²) in [5, 5.41) is 11.5. The van der Waals surface area contributed by atoms with E-state index in [0.717, 1.165) is 31.4 Å². The minimum absolute atomic E-state index is 0.00752. The van der Waals surface area contributed by atoms with Crippen LogP contribution in [-0.2, 0) is 26.8 Å². The molecule has 11 heteroatoms. The van der Waals surface area contributed by atoms with Crippen LogP contribution in [0.5, 0.6) is 5.75 Å². The van der Waals surface area contributed by atoms with Gasteiger partial charge in [0, 0.05) is 48.3 Å². The molecule has 1 spiro atoms. The minimum Gasteiger partial charge on any atom is -0.490 e. The van der Waals surface area contributed by atoms with Crippen molar-refractivity contribution in [3.8, 4) is 5.75 Å². The van der Waals surface area contributed by atoms with Crippen molar-refractivity contribution in [2.24, 2.45) is 17.8 Å². The summed E-state index contributed by atoms with van der Waals surface area (Å²) >= 11 is 6.43. The van der Waals surface area contributed by atoms with Crippen LogP contribution in [0.25, 0.3) is 0 Å². The van der Waals surface area contributed by atoms with E-state index in [1.165, 1.54) is 15.4 Å². The average molecular weight is 712 g/mol. The smallest absolute Gasteiger partial charge is 0.304 e. The molecule has 0 saturated heterocycles. The number of hydrogen-bond acceptors (Lipinski definition) is 7. The number of hydrogen-bond donors (Lipinski definition) is 2. The number of benzene rings is 2. The molecule has 266 valence electrons. The first kappa shape index (κ1) is 35.9. The van der Waals surface area contributed by atoms with E-state index in [-0.39, 0.29) is 41.0 Å². The van der Waals surface area contributed by atoms with E-state index in [2.05, 4.69) is 41.8 Å². The number of aryl methyl sites for hydroxylation is 1. The lowest BCUT2D eigenvalue weighted by molar-refractivity contribution is -0.0109. The molecule has 6 atom stereocenters. The zero-order valence-electron chi connectivity index (χ0n) is 28.8. The summed E-state index contributed by atoms with van der Waals surface area (Å²) in [6, 6.07) is 10.7. The van der Waals surface area contributed by atoms with Gasteiger partial charge in [-0.25, -0.2) is 4.72 Å². The van der Waals surface area contributed by atoms with Crippen molar-refractivity contribution < 1.29 is 27.8 Å². The maximum atomic E-state index is 13.8. The number of nitrogens with one attached hydrogen (secondary N) is 1. The monoisotopic (exact) mass is 711 g/mol.